The van der Waals surface area contributed by atoms with Crippen molar-refractivity contribution in [3.63, 3.8) is 0 Å². The summed E-state index contributed by atoms with van der Waals surface area (Å²) in [6.07, 6.45) is 0. The molecule has 0 unspecified atom stereocenters. The maximum absolute atomic E-state index is 12.7. The number of hydrogen-bond acceptors (Lipinski definition) is 4. The third kappa shape index (κ3) is 2.49. The summed E-state index contributed by atoms with van der Waals surface area (Å²) in [5, 5.41) is 15.0. The molecule has 0 saturated carbocycles. The Bertz CT molecular complexity index is 1000. The number of hydrogen-bond donors (Lipinski definition) is 2. The zero-order valence-corrected chi connectivity index (χ0v) is 14.5. The van der Waals surface area contributed by atoms with E-state index in [9.17, 15) is 14.7 Å². The molecular weight excluding hydrogens is 324 g/mol. The van der Waals surface area contributed by atoms with Crippen LogP contribution in [0.2, 0.25) is 0 Å². The van der Waals surface area contributed by atoms with E-state index in [4.69, 9.17) is 0 Å². The van der Waals surface area contributed by atoms with Gasteiger partial charge in [0.1, 0.15) is 5.56 Å². The molecule has 0 spiro atoms. The van der Waals surface area contributed by atoms with Gasteiger partial charge in [0.25, 0.3) is 11.5 Å². The number of rotatable bonds is 3. The van der Waals surface area contributed by atoms with Crippen molar-refractivity contribution in [3.8, 4) is 5.75 Å². The number of benzene rings is 1. The Morgan fingerprint density at radius 2 is 2.04 bits per heavy atom. The predicted octanol–water partition coefficient (Wildman–Crippen LogP) is 3.66. The Labute approximate surface area is 143 Å². The van der Waals surface area contributed by atoms with Gasteiger partial charge in [-0.1, -0.05) is 12.1 Å². The van der Waals surface area contributed by atoms with E-state index in [0.717, 1.165) is 11.1 Å². The first-order valence-electron chi connectivity index (χ1n) is 7.66. The van der Waals surface area contributed by atoms with Gasteiger partial charge in [0.2, 0.25) is 0 Å². The van der Waals surface area contributed by atoms with E-state index in [-0.39, 0.29) is 11.3 Å². The summed E-state index contributed by atoms with van der Waals surface area (Å²) in [5.74, 6) is -0.846. The maximum Gasteiger partial charge on any atom is 0.267 e. The molecule has 2 heterocycles. The normalized spacial score (nSPS) is 11.0. The second-order valence-corrected chi connectivity index (χ2v) is 6.53. The van der Waals surface area contributed by atoms with Crippen LogP contribution in [0.1, 0.15) is 28.4 Å². The molecule has 3 rings (SSSR count). The van der Waals surface area contributed by atoms with Gasteiger partial charge in [-0.3, -0.25) is 9.59 Å². The van der Waals surface area contributed by atoms with Crippen LogP contribution in [-0.2, 0) is 6.54 Å². The molecule has 0 saturated heterocycles. The van der Waals surface area contributed by atoms with E-state index >= 15 is 0 Å². The minimum Gasteiger partial charge on any atom is -0.505 e. The molecule has 0 atom stereocenters. The monoisotopic (exact) mass is 342 g/mol. The molecule has 3 aromatic rings. The number of carbonyl (C=O) groups is 1. The summed E-state index contributed by atoms with van der Waals surface area (Å²) in [6.45, 7) is 6.11. The molecule has 24 heavy (non-hydrogen) atoms. The van der Waals surface area contributed by atoms with Gasteiger partial charge in [-0.2, -0.15) is 0 Å². The van der Waals surface area contributed by atoms with Crippen LogP contribution in [0, 0.1) is 13.8 Å². The predicted molar refractivity (Wildman–Crippen MR) is 97.3 cm³/mol. The van der Waals surface area contributed by atoms with E-state index in [1.807, 2.05) is 32.9 Å². The van der Waals surface area contributed by atoms with Gasteiger partial charge >= 0.3 is 0 Å². The number of fused-ring (bicyclic) bond motifs is 1. The van der Waals surface area contributed by atoms with Crippen LogP contribution in [0.4, 0.5) is 5.69 Å². The van der Waals surface area contributed by atoms with Gasteiger partial charge in [-0.05, 0) is 49.4 Å². The minimum absolute atomic E-state index is 0.215. The van der Waals surface area contributed by atoms with Crippen LogP contribution in [-0.4, -0.2) is 15.6 Å². The lowest BCUT2D eigenvalue weighted by atomic mass is 10.1. The number of carbonyl (C=O) groups excluding carboxylic acids is 1. The van der Waals surface area contributed by atoms with E-state index < -0.39 is 11.5 Å². The van der Waals surface area contributed by atoms with E-state index in [1.165, 1.54) is 15.9 Å². The number of amides is 1. The standard InChI is InChI=1S/C18H18N2O3S/c1-4-20-13-8-9-24-16(13)15(21)14(18(20)23)17(22)19-12-7-5-6-10(2)11(12)3/h5-9,21H,4H2,1-3H3,(H,19,22). The van der Waals surface area contributed by atoms with Gasteiger partial charge in [0, 0.05) is 12.2 Å². The minimum atomic E-state index is -0.594. The van der Waals surface area contributed by atoms with Crippen LogP contribution in [0.5, 0.6) is 5.75 Å². The molecule has 6 heteroatoms. The smallest absolute Gasteiger partial charge is 0.267 e. The largest absolute Gasteiger partial charge is 0.505 e. The highest BCUT2D eigenvalue weighted by atomic mass is 32.1. The molecule has 0 fully saturated rings. The van der Waals surface area contributed by atoms with Crippen LogP contribution < -0.4 is 10.9 Å². The molecule has 1 amide bonds. The first-order chi connectivity index (χ1) is 11.5. The Balaban J connectivity index is 2.13. The third-order valence-electron chi connectivity index (χ3n) is 4.24. The van der Waals surface area contributed by atoms with E-state index in [1.54, 1.807) is 17.5 Å². The van der Waals surface area contributed by atoms with Crippen molar-refractivity contribution in [1.82, 2.24) is 4.57 Å². The number of anilines is 1. The van der Waals surface area contributed by atoms with E-state index in [0.29, 0.717) is 22.4 Å². The summed E-state index contributed by atoms with van der Waals surface area (Å²) in [6, 6.07) is 7.34. The first-order valence-corrected chi connectivity index (χ1v) is 8.54. The van der Waals surface area contributed by atoms with Crippen molar-refractivity contribution in [2.45, 2.75) is 27.3 Å². The molecule has 5 nitrogen and oxygen atoms in total. The summed E-state index contributed by atoms with van der Waals surface area (Å²) in [7, 11) is 0. The van der Waals surface area contributed by atoms with Gasteiger partial charge < -0.3 is 15.0 Å². The van der Waals surface area contributed by atoms with Gasteiger partial charge in [0.15, 0.2) is 5.75 Å². The number of aryl methyl sites for hydroxylation is 2. The molecule has 2 N–H and O–H groups in total. The molecule has 0 bridgehead atoms. The zero-order valence-electron chi connectivity index (χ0n) is 13.7. The Kier molecular flexibility index (Phi) is 4.15. The highest BCUT2D eigenvalue weighted by Crippen LogP contribution is 2.31. The molecule has 0 aliphatic carbocycles. The van der Waals surface area contributed by atoms with Crippen molar-refractivity contribution < 1.29 is 9.90 Å². The van der Waals surface area contributed by atoms with E-state index in [2.05, 4.69) is 5.32 Å². The average Bonchev–Trinajstić information content (AvgIpc) is 3.02. The van der Waals surface area contributed by atoms with Crippen LogP contribution in [0.15, 0.2) is 34.4 Å². The topological polar surface area (TPSA) is 71.3 Å². The Hall–Kier alpha value is -2.60. The summed E-state index contributed by atoms with van der Waals surface area (Å²) in [4.78, 5) is 25.3. The van der Waals surface area contributed by atoms with Gasteiger partial charge in [-0.25, -0.2) is 0 Å². The molecular formula is C18H18N2O3S. The van der Waals surface area contributed by atoms with Crippen molar-refractivity contribution in [1.29, 1.82) is 0 Å². The van der Waals surface area contributed by atoms with Crippen molar-refractivity contribution in [3.05, 3.63) is 56.7 Å². The third-order valence-corrected chi connectivity index (χ3v) is 5.15. The zero-order chi connectivity index (χ0) is 17.4. The fraction of sp³-hybridized carbons (Fsp3) is 0.222. The number of aromatic hydroxyl groups is 1. The number of nitrogens with zero attached hydrogens (tertiary/aromatic N) is 1. The van der Waals surface area contributed by atoms with Crippen LogP contribution >= 0.6 is 11.3 Å². The fourth-order valence-electron chi connectivity index (χ4n) is 2.74. The highest BCUT2D eigenvalue weighted by molar-refractivity contribution is 7.17. The summed E-state index contributed by atoms with van der Waals surface area (Å²) < 4.78 is 2.05. The molecule has 0 aliphatic heterocycles. The van der Waals surface area contributed by atoms with Crippen molar-refractivity contribution in [2.75, 3.05) is 5.32 Å². The van der Waals surface area contributed by atoms with Crippen molar-refractivity contribution >= 4 is 33.1 Å². The van der Waals surface area contributed by atoms with Crippen molar-refractivity contribution in [2.24, 2.45) is 0 Å². The van der Waals surface area contributed by atoms with Crippen LogP contribution in [0.3, 0.4) is 0 Å². The Morgan fingerprint density at radius 3 is 2.75 bits per heavy atom. The second kappa shape index (κ2) is 6.13. The Morgan fingerprint density at radius 1 is 1.29 bits per heavy atom. The lowest BCUT2D eigenvalue weighted by Crippen LogP contribution is -2.29. The molecule has 2 aromatic heterocycles. The van der Waals surface area contributed by atoms with Gasteiger partial charge in [-0.15, -0.1) is 11.3 Å². The highest BCUT2D eigenvalue weighted by Gasteiger charge is 2.23. The SMILES string of the molecule is CCn1c(=O)c(C(=O)Nc2cccc(C)c2C)c(O)c2sccc21. The summed E-state index contributed by atoms with van der Waals surface area (Å²) >= 11 is 1.31. The van der Waals surface area contributed by atoms with Gasteiger partial charge in [0.05, 0.1) is 10.2 Å². The number of aromatic nitrogens is 1. The number of pyridine rings is 1. The molecule has 0 radical (unpaired) electrons. The number of thiophene rings is 1. The summed E-state index contributed by atoms with van der Waals surface area (Å²) in [5.41, 5.74) is 2.55. The maximum atomic E-state index is 12.7. The number of nitrogens with one attached hydrogen (secondary N) is 1. The quantitative estimate of drug-likeness (QED) is 0.763. The fourth-order valence-corrected chi connectivity index (χ4v) is 3.59. The lowest BCUT2D eigenvalue weighted by Gasteiger charge is -2.13. The molecule has 1 aromatic carbocycles. The molecule has 124 valence electrons. The molecule has 0 aliphatic rings. The first kappa shape index (κ1) is 16.3. The average molecular weight is 342 g/mol. The lowest BCUT2D eigenvalue weighted by molar-refractivity contribution is 0.102. The van der Waals surface area contributed by atoms with Crippen LogP contribution in [0.25, 0.3) is 10.2 Å². The second-order valence-electron chi connectivity index (χ2n) is 5.61.